The molecule has 2 N–H and O–H groups in total. The average Bonchev–Trinajstić information content (AvgIpc) is 2.34. The van der Waals surface area contributed by atoms with Gasteiger partial charge in [-0.15, -0.1) is 0 Å². The first kappa shape index (κ1) is 17.0. The van der Waals surface area contributed by atoms with Gasteiger partial charge < -0.3 is 14.9 Å². The Balaban J connectivity index is 0.000000711. The molecule has 19 heavy (non-hydrogen) atoms. The van der Waals surface area contributed by atoms with Gasteiger partial charge >= 0.3 is 5.97 Å². The van der Waals surface area contributed by atoms with Crippen LogP contribution in [-0.2, 0) is 9.59 Å². The zero-order valence-electron chi connectivity index (χ0n) is 11.2. The van der Waals surface area contributed by atoms with E-state index in [4.69, 9.17) is 19.7 Å². The second-order valence-corrected chi connectivity index (χ2v) is 3.92. The van der Waals surface area contributed by atoms with Gasteiger partial charge in [0, 0.05) is 6.92 Å². The second kappa shape index (κ2) is 9.94. The summed E-state index contributed by atoms with van der Waals surface area (Å²) in [4.78, 5) is 19.9. The molecule has 1 atom stereocenters. The highest BCUT2D eigenvalue weighted by Gasteiger charge is 2.18. The minimum Gasteiger partial charge on any atom is -0.481 e. The van der Waals surface area contributed by atoms with Gasteiger partial charge in [-0.3, -0.25) is 4.79 Å². The number of unbranched alkanes of at least 4 members (excludes halogenated alkanes) is 1. The first-order valence-electron chi connectivity index (χ1n) is 6.11. The molecule has 0 heterocycles. The SMILES string of the molecule is CC(=O)O.CCCCC(Oc1ccccc1)C(=O)O. The largest absolute Gasteiger partial charge is 0.481 e. The molecule has 1 aromatic carbocycles. The molecule has 0 saturated heterocycles. The molecule has 0 bridgehead atoms. The van der Waals surface area contributed by atoms with Crippen molar-refractivity contribution in [2.45, 2.75) is 39.2 Å². The maximum atomic E-state index is 10.9. The second-order valence-electron chi connectivity index (χ2n) is 3.92. The number of hydrogen-bond donors (Lipinski definition) is 2. The van der Waals surface area contributed by atoms with E-state index < -0.39 is 18.0 Å². The molecule has 0 saturated carbocycles. The molecular weight excluding hydrogens is 248 g/mol. The molecule has 106 valence electrons. The van der Waals surface area contributed by atoms with Gasteiger partial charge in [-0.2, -0.15) is 0 Å². The predicted octanol–water partition coefficient (Wildman–Crippen LogP) is 2.80. The van der Waals surface area contributed by atoms with E-state index in [0.29, 0.717) is 12.2 Å². The summed E-state index contributed by atoms with van der Waals surface area (Å²) in [6, 6.07) is 9.06. The molecule has 5 nitrogen and oxygen atoms in total. The van der Waals surface area contributed by atoms with E-state index in [9.17, 15) is 4.79 Å². The number of aliphatic carboxylic acids is 2. The molecule has 0 radical (unpaired) electrons. The fraction of sp³-hybridized carbons (Fsp3) is 0.429. The molecule has 0 aliphatic rings. The smallest absolute Gasteiger partial charge is 0.344 e. The van der Waals surface area contributed by atoms with Crippen molar-refractivity contribution in [2.75, 3.05) is 0 Å². The number of rotatable bonds is 6. The van der Waals surface area contributed by atoms with E-state index >= 15 is 0 Å². The Kier molecular flexibility index (Phi) is 8.87. The van der Waals surface area contributed by atoms with Crippen LogP contribution in [0.2, 0.25) is 0 Å². The van der Waals surface area contributed by atoms with Crippen LogP contribution in [0.5, 0.6) is 5.75 Å². The number of carbonyl (C=O) groups is 2. The van der Waals surface area contributed by atoms with Crippen LogP contribution in [0.4, 0.5) is 0 Å². The van der Waals surface area contributed by atoms with E-state index in [2.05, 4.69) is 0 Å². The van der Waals surface area contributed by atoms with Gasteiger partial charge in [-0.1, -0.05) is 31.5 Å². The van der Waals surface area contributed by atoms with E-state index in [-0.39, 0.29) is 0 Å². The molecular formula is C14H20O5. The van der Waals surface area contributed by atoms with Crippen LogP contribution >= 0.6 is 0 Å². The highest BCUT2D eigenvalue weighted by Crippen LogP contribution is 2.14. The monoisotopic (exact) mass is 268 g/mol. The minimum absolute atomic E-state index is 0.556. The summed E-state index contributed by atoms with van der Waals surface area (Å²) in [6.07, 6.45) is 1.67. The lowest BCUT2D eigenvalue weighted by molar-refractivity contribution is -0.145. The number of benzene rings is 1. The Morgan fingerprint density at radius 1 is 1.21 bits per heavy atom. The molecule has 0 fully saturated rings. The lowest BCUT2D eigenvalue weighted by Crippen LogP contribution is -2.26. The highest BCUT2D eigenvalue weighted by molar-refractivity contribution is 5.72. The van der Waals surface area contributed by atoms with E-state index in [1.807, 2.05) is 25.1 Å². The normalized spacial score (nSPS) is 10.8. The molecule has 1 rings (SSSR count). The van der Waals surface area contributed by atoms with Gasteiger partial charge in [0.15, 0.2) is 6.10 Å². The highest BCUT2D eigenvalue weighted by atomic mass is 16.5. The van der Waals surface area contributed by atoms with Crippen molar-refractivity contribution in [3.63, 3.8) is 0 Å². The van der Waals surface area contributed by atoms with E-state index in [0.717, 1.165) is 19.8 Å². The molecule has 0 aliphatic carbocycles. The summed E-state index contributed by atoms with van der Waals surface area (Å²) in [6.45, 7) is 3.11. The number of para-hydroxylation sites is 1. The average molecular weight is 268 g/mol. The Bertz CT molecular complexity index is 371. The molecule has 0 aliphatic heterocycles. The van der Waals surface area contributed by atoms with Gasteiger partial charge in [0.1, 0.15) is 5.75 Å². The Morgan fingerprint density at radius 2 is 1.74 bits per heavy atom. The molecule has 1 unspecified atom stereocenters. The van der Waals surface area contributed by atoms with Crippen molar-refractivity contribution >= 4 is 11.9 Å². The lowest BCUT2D eigenvalue weighted by Gasteiger charge is -2.14. The van der Waals surface area contributed by atoms with E-state index in [1.165, 1.54) is 0 Å². The third kappa shape index (κ3) is 9.64. The Labute approximate surface area is 112 Å². The number of carboxylic acid groups (broad SMARTS) is 2. The quantitative estimate of drug-likeness (QED) is 0.828. The zero-order valence-corrected chi connectivity index (χ0v) is 11.2. The Hall–Kier alpha value is -2.04. The van der Waals surface area contributed by atoms with Crippen LogP contribution in [0.1, 0.15) is 33.1 Å². The van der Waals surface area contributed by atoms with Gasteiger partial charge in [0.25, 0.3) is 5.97 Å². The van der Waals surface area contributed by atoms with Crippen LogP contribution in [0, 0.1) is 0 Å². The fourth-order valence-corrected chi connectivity index (χ4v) is 1.29. The maximum absolute atomic E-state index is 10.9. The van der Waals surface area contributed by atoms with Crippen molar-refractivity contribution in [3.8, 4) is 5.75 Å². The minimum atomic E-state index is -0.896. The summed E-state index contributed by atoms with van der Waals surface area (Å²) in [5.74, 6) is -1.12. The van der Waals surface area contributed by atoms with Crippen LogP contribution in [0.3, 0.4) is 0 Å². The van der Waals surface area contributed by atoms with Crippen molar-refractivity contribution in [1.29, 1.82) is 0 Å². The van der Waals surface area contributed by atoms with Gasteiger partial charge in [0.05, 0.1) is 0 Å². The van der Waals surface area contributed by atoms with Gasteiger partial charge in [-0.25, -0.2) is 4.79 Å². The van der Waals surface area contributed by atoms with Crippen LogP contribution in [0.25, 0.3) is 0 Å². The van der Waals surface area contributed by atoms with Gasteiger partial charge in [0.2, 0.25) is 0 Å². The number of ether oxygens (including phenoxy) is 1. The topological polar surface area (TPSA) is 83.8 Å². The predicted molar refractivity (Wildman–Crippen MR) is 71.3 cm³/mol. The maximum Gasteiger partial charge on any atom is 0.344 e. The third-order valence-electron chi connectivity index (χ3n) is 2.12. The molecule has 0 spiro atoms. The van der Waals surface area contributed by atoms with Crippen molar-refractivity contribution in [3.05, 3.63) is 30.3 Å². The molecule has 1 aromatic rings. The van der Waals surface area contributed by atoms with Crippen LogP contribution < -0.4 is 4.74 Å². The van der Waals surface area contributed by atoms with Crippen LogP contribution in [0.15, 0.2) is 30.3 Å². The summed E-state index contributed by atoms with van der Waals surface area (Å²) < 4.78 is 5.38. The van der Waals surface area contributed by atoms with Gasteiger partial charge in [-0.05, 0) is 25.0 Å². The first-order valence-corrected chi connectivity index (χ1v) is 6.11. The van der Waals surface area contributed by atoms with Crippen molar-refractivity contribution in [2.24, 2.45) is 0 Å². The van der Waals surface area contributed by atoms with Crippen LogP contribution in [-0.4, -0.2) is 28.3 Å². The Morgan fingerprint density at radius 3 is 2.16 bits per heavy atom. The summed E-state index contributed by atoms with van der Waals surface area (Å²) in [5.41, 5.74) is 0. The number of hydrogen-bond acceptors (Lipinski definition) is 3. The zero-order chi connectivity index (χ0) is 14.7. The molecule has 5 heteroatoms. The lowest BCUT2D eigenvalue weighted by atomic mass is 10.1. The fourth-order valence-electron chi connectivity index (χ4n) is 1.29. The van der Waals surface area contributed by atoms with Crippen molar-refractivity contribution < 1.29 is 24.5 Å². The molecule has 0 aromatic heterocycles. The molecule has 0 amide bonds. The summed E-state index contributed by atoms with van der Waals surface area (Å²) >= 11 is 0. The first-order chi connectivity index (χ1) is 8.97. The summed E-state index contributed by atoms with van der Waals surface area (Å²) in [5, 5.41) is 16.4. The number of carboxylic acids is 2. The van der Waals surface area contributed by atoms with E-state index in [1.54, 1.807) is 12.1 Å². The third-order valence-corrected chi connectivity index (χ3v) is 2.12. The summed E-state index contributed by atoms with van der Waals surface area (Å²) in [7, 11) is 0. The van der Waals surface area contributed by atoms with Crippen molar-refractivity contribution in [1.82, 2.24) is 0 Å². The standard InChI is InChI=1S/C12H16O3.C2H4O2/c1-2-3-9-11(12(13)14)15-10-7-5-4-6-8-10;1-2(3)4/h4-8,11H,2-3,9H2,1H3,(H,13,14);1H3,(H,3,4).